The van der Waals surface area contributed by atoms with Gasteiger partial charge in [0.2, 0.25) is 0 Å². The highest BCUT2D eigenvalue weighted by Gasteiger charge is 2.49. The summed E-state index contributed by atoms with van der Waals surface area (Å²) < 4.78 is 20.7. The van der Waals surface area contributed by atoms with Crippen LogP contribution in [0.3, 0.4) is 0 Å². The highest BCUT2D eigenvalue weighted by atomic mass is 16.7. The first kappa shape index (κ1) is 15.4. The van der Waals surface area contributed by atoms with E-state index in [9.17, 15) is 15.0 Å². The maximum absolute atomic E-state index is 11.4. The van der Waals surface area contributed by atoms with E-state index in [1.807, 2.05) is 0 Å². The fourth-order valence-corrected chi connectivity index (χ4v) is 2.19. The zero-order valence-corrected chi connectivity index (χ0v) is 11.0. The van der Waals surface area contributed by atoms with Crippen molar-refractivity contribution in [2.24, 2.45) is 0 Å². The molecule has 2 saturated heterocycles. The van der Waals surface area contributed by atoms with Crippen molar-refractivity contribution in [1.82, 2.24) is 0 Å². The molecule has 0 aliphatic carbocycles. The average Bonchev–Trinajstić information content (AvgIpc) is 2.48. The number of hydrogen-bond acceptors (Lipinski definition) is 8. The smallest absolute Gasteiger partial charge is 0.335 e. The Hall–Kier alpha value is -1.03. The first-order valence-corrected chi connectivity index (χ1v) is 6.16. The number of aliphatic hydroxyl groups is 3. The number of ether oxygens (including phenoxy) is 4. The molecule has 0 spiro atoms. The Labute approximate surface area is 115 Å². The van der Waals surface area contributed by atoms with Gasteiger partial charge in [0.1, 0.15) is 30.5 Å². The summed E-state index contributed by atoms with van der Waals surface area (Å²) in [6, 6.07) is 0. The van der Waals surface area contributed by atoms with Crippen LogP contribution in [0, 0.1) is 0 Å². The number of fused-ring (bicyclic) bond motifs is 1. The van der Waals surface area contributed by atoms with E-state index in [-0.39, 0.29) is 12.2 Å². The molecule has 3 N–H and O–H groups in total. The van der Waals surface area contributed by atoms with Crippen molar-refractivity contribution in [3.05, 3.63) is 12.2 Å². The molecule has 0 unspecified atom stereocenters. The van der Waals surface area contributed by atoms with E-state index in [1.165, 1.54) is 7.11 Å². The van der Waals surface area contributed by atoms with Crippen molar-refractivity contribution >= 4 is 5.97 Å². The minimum Gasteiger partial charge on any atom is -0.466 e. The van der Waals surface area contributed by atoms with Crippen LogP contribution in [0.5, 0.6) is 0 Å². The maximum atomic E-state index is 11.4. The quantitative estimate of drug-likeness (QED) is 0.401. The van der Waals surface area contributed by atoms with Crippen LogP contribution in [-0.2, 0) is 23.7 Å². The third kappa shape index (κ3) is 2.71. The number of hydrogen-bond donors (Lipinski definition) is 3. The number of esters is 1. The van der Waals surface area contributed by atoms with Crippen LogP contribution in [0.1, 0.15) is 0 Å². The fourth-order valence-electron chi connectivity index (χ4n) is 2.19. The molecule has 2 fully saturated rings. The lowest BCUT2D eigenvalue weighted by Crippen LogP contribution is -2.63. The van der Waals surface area contributed by atoms with E-state index in [2.05, 4.69) is 11.3 Å². The standard InChI is InChI=1S/C12H18O8/c1-5(11(16)17-2)7-4-18-12-10(19-7)9(15)8(14)6(3-13)20-12/h6-10,12-15H,1,3-4H2,2H3/t6-,7-,8-,9+,10-,12-/m1/s1. The third-order valence-electron chi connectivity index (χ3n) is 3.39. The summed E-state index contributed by atoms with van der Waals surface area (Å²) in [4.78, 5) is 11.4. The highest BCUT2D eigenvalue weighted by Crippen LogP contribution is 2.30. The molecular weight excluding hydrogens is 272 g/mol. The number of aliphatic hydroxyl groups excluding tert-OH is 3. The van der Waals surface area contributed by atoms with Crippen LogP contribution >= 0.6 is 0 Å². The predicted molar refractivity (Wildman–Crippen MR) is 63.5 cm³/mol. The van der Waals surface area contributed by atoms with Crippen LogP contribution in [0.4, 0.5) is 0 Å². The summed E-state index contributed by atoms with van der Waals surface area (Å²) in [6.45, 7) is 3.10. The van der Waals surface area contributed by atoms with Crippen molar-refractivity contribution in [3.63, 3.8) is 0 Å². The monoisotopic (exact) mass is 290 g/mol. The van der Waals surface area contributed by atoms with Crippen molar-refractivity contribution in [2.45, 2.75) is 36.8 Å². The Balaban J connectivity index is 2.06. The molecule has 0 saturated carbocycles. The molecule has 0 bridgehead atoms. The van der Waals surface area contributed by atoms with Crippen molar-refractivity contribution in [2.75, 3.05) is 20.3 Å². The topological polar surface area (TPSA) is 115 Å². The van der Waals surface area contributed by atoms with E-state index in [0.29, 0.717) is 0 Å². The molecule has 20 heavy (non-hydrogen) atoms. The van der Waals surface area contributed by atoms with Crippen molar-refractivity contribution in [1.29, 1.82) is 0 Å². The molecule has 0 aromatic heterocycles. The summed E-state index contributed by atoms with van der Waals surface area (Å²) in [6.07, 6.45) is -6.26. The van der Waals surface area contributed by atoms with Crippen LogP contribution in [0.15, 0.2) is 12.2 Å². The lowest BCUT2D eigenvalue weighted by molar-refractivity contribution is -0.344. The van der Waals surface area contributed by atoms with Gasteiger partial charge in [0.25, 0.3) is 0 Å². The third-order valence-corrected chi connectivity index (χ3v) is 3.39. The molecule has 8 nitrogen and oxygen atoms in total. The summed E-state index contributed by atoms with van der Waals surface area (Å²) in [7, 11) is 1.22. The second-order valence-corrected chi connectivity index (χ2v) is 4.65. The average molecular weight is 290 g/mol. The predicted octanol–water partition coefficient (Wildman–Crippen LogP) is -2.06. The van der Waals surface area contributed by atoms with Gasteiger partial charge in [-0.3, -0.25) is 0 Å². The summed E-state index contributed by atoms with van der Waals surface area (Å²) in [5.41, 5.74) is 0.0527. The fraction of sp³-hybridized carbons (Fsp3) is 0.750. The van der Waals surface area contributed by atoms with E-state index in [0.717, 1.165) is 0 Å². The molecule has 2 aliphatic heterocycles. The van der Waals surface area contributed by atoms with Gasteiger partial charge in [-0.1, -0.05) is 6.58 Å². The van der Waals surface area contributed by atoms with E-state index >= 15 is 0 Å². The minimum atomic E-state index is -1.31. The summed E-state index contributed by atoms with van der Waals surface area (Å²) in [5, 5.41) is 28.8. The molecule has 0 aromatic carbocycles. The Morgan fingerprint density at radius 3 is 2.65 bits per heavy atom. The highest BCUT2D eigenvalue weighted by molar-refractivity contribution is 5.88. The van der Waals surface area contributed by atoms with Crippen LogP contribution < -0.4 is 0 Å². The Morgan fingerprint density at radius 1 is 1.35 bits per heavy atom. The maximum Gasteiger partial charge on any atom is 0.335 e. The normalized spacial score (nSPS) is 40.8. The lowest BCUT2D eigenvalue weighted by Gasteiger charge is -2.46. The van der Waals surface area contributed by atoms with Gasteiger partial charge in [-0.25, -0.2) is 4.79 Å². The minimum absolute atomic E-state index is 0.00390. The first-order chi connectivity index (χ1) is 9.49. The van der Waals surface area contributed by atoms with Crippen LogP contribution in [-0.4, -0.2) is 78.4 Å². The Kier molecular flexibility index (Phi) is 4.74. The van der Waals surface area contributed by atoms with Gasteiger partial charge in [0.15, 0.2) is 6.29 Å². The molecule has 2 rings (SSSR count). The van der Waals surface area contributed by atoms with Crippen LogP contribution in [0.2, 0.25) is 0 Å². The number of rotatable bonds is 3. The van der Waals surface area contributed by atoms with Crippen LogP contribution in [0.25, 0.3) is 0 Å². The molecule has 2 heterocycles. The molecule has 2 aliphatic rings. The van der Waals surface area contributed by atoms with Gasteiger partial charge in [0, 0.05) is 0 Å². The van der Waals surface area contributed by atoms with E-state index in [4.69, 9.17) is 19.3 Å². The molecule has 6 atom stereocenters. The number of carbonyl (C=O) groups is 1. The Bertz CT molecular complexity index is 382. The zero-order valence-electron chi connectivity index (χ0n) is 11.0. The molecule has 0 aromatic rings. The van der Waals surface area contributed by atoms with Crippen molar-refractivity contribution < 1.29 is 39.1 Å². The molecule has 0 radical (unpaired) electrons. The number of methoxy groups -OCH3 is 1. The number of carbonyl (C=O) groups excluding carboxylic acids is 1. The van der Waals surface area contributed by atoms with Gasteiger partial charge in [-0.2, -0.15) is 0 Å². The Morgan fingerprint density at radius 2 is 2.05 bits per heavy atom. The second kappa shape index (κ2) is 6.17. The van der Waals surface area contributed by atoms with Crippen molar-refractivity contribution in [3.8, 4) is 0 Å². The first-order valence-electron chi connectivity index (χ1n) is 6.16. The van der Waals surface area contributed by atoms with Gasteiger partial charge in [0.05, 0.1) is 25.9 Å². The van der Waals surface area contributed by atoms with Gasteiger partial charge in [-0.05, 0) is 0 Å². The summed E-state index contributed by atoms with van der Waals surface area (Å²) in [5.74, 6) is -0.642. The van der Waals surface area contributed by atoms with Gasteiger partial charge in [-0.15, -0.1) is 0 Å². The largest absolute Gasteiger partial charge is 0.466 e. The van der Waals surface area contributed by atoms with Gasteiger partial charge >= 0.3 is 5.97 Å². The molecular formula is C12H18O8. The van der Waals surface area contributed by atoms with Gasteiger partial charge < -0.3 is 34.3 Å². The second-order valence-electron chi connectivity index (χ2n) is 4.65. The molecule has 114 valence electrons. The zero-order chi connectivity index (χ0) is 14.9. The van der Waals surface area contributed by atoms with E-state index < -0.39 is 49.4 Å². The lowest BCUT2D eigenvalue weighted by atomic mass is 9.97. The molecule has 0 amide bonds. The molecule has 8 heteroatoms. The summed E-state index contributed by atoms with van der Waals surface area (Å²) >= 11 is 0. The van der Waals surface area contributed by atoms with E-state index in [1.54, 1.807) is 0 Å². The SMILES string of the molecule is C=C(C(=O)OC)[C@H]1CO[C@@H]2O[C@H](CO)[C@@H](O)[C@H](O)[C@H]2O1.